The van der Waals surface area contributed by atoms with Gasteiger partial charge >= 0.3 is 5.97 Å². The summed E-state index contributed by atoms with van der Waals surface area (Å²) in [6.45, 7) is 15.0. The number of anilines is 2. The molecule has 0 aliphatic carbocycles. The number of rotatable bonds is 5. The van der Waals surface area contributed by atoms with Gasteiger partial charge in [0.05, 0.1) is 23.4 Å². The highest BCUT2D eigenvalue weighted by Gasteiger charge is 2.43. The van der Waals surface area contributed by atoms with Crippen molar-refractivity contribution < 1.29 is 14.3 Å². The average Bonchev–Trinajstić information content (AvgIpc) is 2.80. The number of esters is 1. The SMILES string of the molecule is CCOC(=O)c1ccc(N(c2ccc3c(c2)C(C)(C)OC3(C)C)C(C)C)cc1. The summed E-state index contributed by atoms with van der Waals surface area (Å²) in [5.41, 5.74) is 4.57. The van der Waals surface area contributed by atoms with Crippen LogP contribution in [0.1, 0.15) is 70.0 Å². The van der Waals surface area contributed by atoms with Gasteiger partial charge in [-0.15, -0.1) is 0 Å². The van der Waals surface area contributed by atoms with Crippen molar-refractivity contribution in [3.8, 4) is 0 Å². The summed E-state index contributed by atoms with van der Waals surface area (Å²) in [6.07, 6.45) is 0. The van der Waals surface area contributed by atoms with Crippen molar-refractivity contribution in [1.82, 2.24) is 0 Å². The Kier molecular flexibility index (Phi) is 5.28. The molecule has 150 valence electrons. The lowest BCUT2D eigenvalue weighted by molar-refractivity contribution is -0.105. The highest BCUT2D eigenvalue weighted by atomic mass is 16.5. The number of nitrogens with zero attached hydrogens (tertiary/aromatic N) is 1. The minimum absolute atomic E-state index is 0.255. The van der Waals surface area contributed by atoms with Crippen LogP contribution in [0, 0.1) is 0 Å². The Morgan fingerprint density at radius 3 is 2.11 bits per heavy atom. The quantitative estimate of drug-likeness (QED) is 0.604. The van der Waals surface area contributed by atoms with Gasteiger partial charge in [0.2, 0.25) is 0 Å². The molecule has 0 N–H and O–H groups in total. The molecule has 28 heavy (non-hydrogen) atoms. The topological polar surface area (TPSA) is 38.8 Å². The number of hydrogen-bond acceptors (Lipinski definition) is 4. The maximum Gasteiger partial charge on any atom is 0.338 e. The lowest BCUT2D eigenvalue weighted by Gasteiger charge is -2.30. The molecule has 2 aromatic carbocycles. The molecule has 0 saturated heterocycles. The van der Waals surface area contributed by atoms with E-state index in [0.29, 0.717) is 12.2 Å². The van der Waals surface area contributed by atoms with E-state index in [4.69, 9.17) is 9.47 Å². The molecular weight excluding hydrogens is 350 g/mol. The normalized spacial score (nSPS) is 16.7. The van der Waals surface area contributed by atoms with Crippen molar-refractivity contribution in [2.24, 2.45) is 0 Å². The highest BCUT2D eigenvalue weighted by molar-refractivity contribution is 5.90. The van der Waals surface area contributed by atoms with Gasteiger partial charge in [0.1, 0.15) is 0 Å². The van der Waals surface area contributed by atoms with E-state index in [1.54, 1.807) is 0 Å². The third-order valence-electron chi connectivity index (χ3n) is 5.26. The van der Waals surface area contributed by atoms with Gasteiger partial charge in [0.15, 0.2) is 0 Å². The van der Waals surface area contributed by atoms with Crippen molar-refractivity contribution in [2.75, 3.05) is 11.5 Å². The number of hydrogen-bond donors (Lipinski definition) is 0. The molecule has 1 aliphatic rings. The zero-order valence-corrected chi connectivity index (χ0v) is 18.0. The van der Waals surface area contributed by atoms with Crippen LogP contribution in [0.3, 0.4) is 0 Å². The number of carbonyl (C=O) groups excluding carboxylic acids is 1. The van der Waals surface area contributed by atoms with Crippen LogP contribution in [0.15, 0.2) is 42.5 Å². The molecule has 3 rings (SSSR count). The Bertz CT molecular complexity index is 866. The Hall–Kier alpha value is -2.33. The molecule has 0 saturated carbocycles. The molecule has 1 heterocycles. The van der Waals surface area contributed by atoms with E-state index in [-0.39, 0.29) is 23.2 Å². The molecular formula is C24H31NO3. The van der Waals surface area contributed by atoms with Crippen LogP contribution < -0.4 is 4.90 Å². The zero-order chi connectivity index (χ0) is 20.7. The monoisotopic (exact) mass is 381 g/mol. The molecule has 4 nitrogen and oxygen atoms in total. The second kappa shape index (κ2) is 7.25. The minimum atomic E-state index is -0.328. The number of benzene rings is 2. The molecule has 0 bridgehead atoms. The van der Waals surface area contributed by atoms with E-state index in [1.165, 1.54) is 11.1 Å². The van der Waals surface area contributed by atoms with Crippen molar-refractivity contribution in [2.45, 2.75) is 65.7 Å². The lowest BCUT2D eigenvalue weighted by atomic mass is 9.90. The minimum Gasteiger partial charge on any atom is -0.462 e. The summed E-state index contributed by atoms with van der Waals surface area (Å²) in [5.74, 6) is -0.288. The fourth-order valence-electron chi connectivity index (χ4n) is 4.17. The van der Waals surface area contributed by atoms with E-state index < -0.39 is 0 Å². The largest absolute Gasteiger partial charge is 0.462 e. The number of carbonyl (C=O) groups is 1. The maximum absolute atomic E-state index is 11.9. The van der Waals surface area contributed by atoms with Gasteiger partial charge in [-0.25, -0.2) is 4.79 Å². The van der Waals surface area contributed by atoms with Crippen molar-refractivity contribution in [3.63, 3.8) is 0 Å². The van der Waals surface area contributed by atoms with E-state index in [2.05, 4.69) is 64.6 Å². The molecule has 4 heteroatoms. The second-order valence-corrected chi connectivity index (χ2v) is 8.58. The summed E-state index contributed by atoms with van der Waals surface area (Å²) >= 11 is 0. The van der Waals surface area contributed by atoms with Gasteiger partial charge in [-0.1, -0.05) is 6.07 Å². The summed E-state index contributed by atoms with van der Waals surface area (Å²) in [6, 6.07) is 14.4. The van der Waals surface area contributed by atoms with Crippen molar-refractivity contribution >= 4 is 17.3 Å². The standard InChI is InChI=1S/C24H31NO3/c1-8-27-22(26)17-9-11-18(12-10-17)25(16(2)3)19-13-14-20-21(15-19)24(6,7)28-23(20,4)5/h9-16H,8H2,1-7H3. The molecule has 0 atom stereocenters. The van der Waals surface area contributed by atoms with E-state index in [1.807, 2.05) is 31.2 Å². The Morgan fingerprint density at radius 2 is 1.54 bits per heavy atom. The third-order valence-corrected chi connectivity index (χ3v) is 5.26. The molecule has 0 amide bonds. The van der Waals surface area contributed by atoms with Crippen LogP contribution >= 0.6 is 0 Å². The molecule has 2 aromatic rings. The predicted octanol–water partition coefficient (Wildman–Crippen LogP) is 5.91. The lowest BCUT2D eigenvalue weighted by Crippen LogP contribution is -2.26. The van der Waals surface area contributed by atoms with Gasteiger partial charge in [0, 0.05) is 17.4 Å². The van der Waals surface area contributed by atoms with Gasteiger partial charge < -0.3 is 14.4 Å². The highest BCUT2D eigenvalue weighted by Crippen LogP contribution is 2.48. The zero-order valence-electron chi connectivity index (χ0n) is 18.0. The third kappa shape index (κ3) is 3.66. The van der Waals surface area contributed by atoms with E-state index >= 15 is 0 Å². The Morgan fingerprint density at radius 1 is 0.964 bits per heavy atom. The summed E-state index contributed by atoms with van der Waals surface area (Å²) in [4.78, 5) is 14.2. The maximum atomic E-state index is 11.9. The Labute approximate surface area is 168 Å². The molecule has 0 fully saturated rings. The smallest absolute Gasteiger partial charge is 0.338 e. The predicted molar refractivity (Wildman–Crippen MR) is 113 cm³/mol. The van der Waals surface area contributed by atoms with Crippen LogP contribution in [-0.2, 0) is 20.7 Å². The van der Waals surface area contributed by atoms with Crippen LogP contribution in [0.5, 0.6) is 0 Å². The van der Waals surface area contributed by atoms with Crippen molar-refractivity contribution in [1.29, 1.82) is 0 Å². The van der Waals surface area contributed by atoms with E-state index in [9.17, 15) is 4.79 Å². The van der Waals surface area contributed by atoms with Crippen LogP contribution in [-0.4, -0.2) is 18.6 Å². The Balaban J connectivity index is 1.99. The molecule has 0 aromatic heterocycles. The number of fused-ring (bicyclic) bond motifs is 1. The molecule has 0 spiro atoms. The van der Waals surface area contributed by atoms with Crippen LogP contribution in [0.25, 0.3) is 0 Å². The second-order valence-electron chi connectivity index (χ2n) is 8.58. The number of ether oxygens (including phenoxy) is 2. The van der Waals surface area contributed by atoms with Gasteiger partial charge in [-0.05, 0) is 96.0 Å². The summed E-state index contributed by atoms with van der Waals surface area (Å²) < 4.78 is 11.4. The first-order valence-electron chi connectivity index (χ1n) is 9.98. The van der Waals surface area contributed by atoms with Gasteiger partial charge in [-0.3, -0.25) is 0 Å². The van der Waals surface area contributed by atoms with Gasteiger partial charge in [0.25, 0.3) is 0 Å². The van der Waals surface area contributed by atoms with Crippen LogP contribution in [0.4, 0.5) is 11.4 Å². The van der Waals surface area contributed by atoms with Gasteiger partial charge in [-0.2, -0.15) is 0 Å². The summed E-state index contributed by atoms with van der Waals surface area (Å²) in [7, 11) is 0. The summed E-state index contributed by atoms with van der Waals surface area (Å²) in [5, 5.41) is 0. The van der Waals surface area contributed by atoms with Crippen molar-refractivity contribution in [3.05, 3.63) is 59.2 Å². The first-order valence-corrected chi connectivity index (χ1v) is 9.98. The van der Waals surface area contributed by atoms with Crippen LogP contribution in [0.2, 0.25) is 0 Å². The molecule has 0 unspecified atom stereocenters. The average molecular weight is 382 g/mol. The first kappa shape index (κ1) is 20.4. The van der Waals surface area contributed by atoms with E-state index in [0.717, 1.165) is 11.4 Å². The fourth-order valence-corrected chi connectivity index (χ4v) is 4.17. The fraction of sp³-hybridized carbons (Fsp3) is 0.458. The molecule has 0 radical (unpaired) electrons. The molecule has 1 aliphatic heterocycles. The first-order chi connectivity index (χ1) is 13.1.